The number of benzene rings is 1. The van der Waals surface area contributed by atoms with Crippen molar-refractivity contribution < 1.29 is 9.53 Å². The molecule has 2 fully saturated rings. The molecular weight excluding hydrogens is 312 g/mol. The summed E-state index contributed by atoms with van der Waals surface area (Å²) in [5.41, 5.74) is 2.39. The molecule has 4 nitrogen and oxygen atoms in total. The second kappa shape index (κ2) is 7.54. The second-order valence-electron chi connectivity index (χ2n) is 6.52. The molecule has 2 aliphatic rings. The van der Waals surface area contributed by atoms with Crippen LogP contribution in [0.3, 0.4) is 0 Å². The van der Waals surface area contributed by atoms with E-state index in [2.05, 4.69) is 11.8 Å². The zero-order valence-electron chi connectivity index (χ0n) is 13.8. The number of piperazine rings is 1. The third kappa shape index (κ3) is 4.18. The lowest BCUT2D eigenvalue weighted by Gasteiger charge is -2.37. The van der Waals surface area contributed by atoms with E-state index in [4.69, 9.17) is 16.3 Å². The Labute approximate surface area is 143 Å². The van der Waals surface area contributed by atoms with E-state index in [0.717, 1.165) is 44.0 Å². The minimum absolute atomic E-state index is 0.124. The number of anilines is 1. The summed E-state index contributed by atoms with van der Waals surface area (Å²) in [6.45, 7) is 5.52. The smallest absolute Gasteiger partial charge is 0.248 e. The molecule has 1 aromatic rings. The summed E-state index contributed by atoms with van der Waals surface area (Å²) >= 11 is 6.11. The molecule has 1 aliphatic carbocycles. The van der Waals surface area contributed by atoms with Crippen molar-refractivity contribution in [3.8, 4) is 0 Å². The topological polar surface area (TPSA) is 32.8 Å². The van der Waals surface area contributed by atoms with Gasteiger partial charge in [-0.15, -0.1) is 0 Å². The minimum atomic E-state index is 0.124. The first-order valence-electron chi connectivity index (χ1n) is 8.54. The normalized spacial score (nSPS) is 19.4. The lowest BCUT2D eigenvalue weighted by Crippen LogP contribution is -2.50. The fraction of sp³-hybridized carbons (Fsp3) is 0.611. The maximum Gasteiger partial charge on any atom is 0.248 e. The molecule has 1 heterocycles. The second-order valence-corrected chi connectivity index (χ2v) is 6.95. The van der Waals surface area contributed by atoms with Crippen LogP contribution in [0.15, 0.2) is 18.2 Å². The Balaban J connectivity index is 1.49. The number of halogens is 1. The Kier molecular flexibility index (Phi) is 5.44. The molecule has 5 heteroatoms. The van der Waals surface area contributed by atoms with Gasteiger partial charge in [0, 0.05) is 36.9 Å². The van der Waals surface area contributed by atoms with Gasteiger partial charge in [-0.05, 0) is 37.5 Å². The van der Waals surface area contributed by atoms with Gasteiger partial charge in [0.25, 0.3) is 0 Å². The number of aryl methyl sites for hydroxylation is 1. The predicted molar refractivity (Wildman–Crippen MR) is 93.2 cm³/mol. The summed E-state index contributed by atoms with van der Waals surface area (Å²) in [6, 6.07) is 5.97. The van der Waals surface area contributed by atoms with E-state index in [0.29, 0.717) is 6.10 Å². The highest BCUT2D eigenvalue weighted by Crippen LogP contribution is 2.25. The van der Waals surface area contributed by atoms with Crippen molar-refractivity contribution in [1.29, 1.82) is 0 Å². The number of amides is 1. The van der Waals surface area contributed by atoms with Gasteiger partial charge in [-0.1, -0.05) is 30.5 Å². The van der Waals surface area contributed by atoms with Crippen LogP contribution in [0.1, 0.15) is 31.2 Å². The third-order valence-electron chi connectivity index (χ3n) is 4.89. The van der Waals surface area contributed by atoms with Crippen molar-refractivity contribution in [2.45, 2.75) is 38.7 Å². The molecule has 1 saturated heterocycles. The highest BCUT2D eigenvalue weighted by atomic mass is 35.5. The monoisotopic (exact) mass is 336 g/mol. The van der Waals surface area contributed by atoms with Gasteiger partial charge >= 0.3 is 0 Å². The number of hydrogen-bond acceptors (Lipinski definition) is 3. The van der Waals surface area contributed by atoms with Crippen LogP contribution >= 0.6 is 11.6 Å². The number of hydrogen-bond donors (Lipinski definition) is 0. The van der Waals surface area contributed by atoms with Crippen LogP contribution in [0.2, 0.25) is 5.02 Å². The molecule has 0 aromatic heterocycles. The summed E-state index contributed by atoms with van der Waals surface area (Å²) < 4.78 is 5.74. The van der Waals surface area contributed by atoms with E-state index in [1.165, 1.54) is 24.1 Å². The van der Waals surface area contributed by atoms with Crippen molar-refractivity contribution in [2.75, 3.05) is 37.7 Å². The summed E-state index contributed by atoms with van der Waals surface area (Å²) in [4.78, 5) is 16.5. The molecule has 1 amide bonds. The van der Waals surface area contributed by atoms with Crippen LogP contribution in [0, 0.1) is 6.92 Å². The first kappa shape index (κ1) is 16.6. The van der Waals surface area contributed by atoms with Gasteiger partial charge in [0.1, 0.15) is 6.61 Å². The first-order valence-corrected chi connectivity index (χ1v) is 8.92. The molecule has 1 saturated carbocycles. The van der Waals surface area contributed by atoms with Gasteiger partial charge in [0.2, 0.25) is 5.91 Å². The van der Waals surface area contributed by atoms with Gasteiger partial charge in [0.05, 0.1) is 6.10 Å². The summed E-state index contributed by atoms with van der Waals surface area (Å²) in [7, 11) is 0. The Morgan fingerprint density at radius 1 is 1.22 bits per heavy atom. The van der Waals surface area contributed by atoms with Crippen LogP contribution in [0.4, 0.5) is 5.69 Å². The molecule has 0 bridgehead atoms. The maximum atomic E-state index is 12.3. The molecule has 126 valence electrons. The minimum Gasteiger partial charge on any atom is -0.368 e. The van der Waals surface area contributed by atoms with Crippen molar-refractivity contribution in [1.82, 2.24) is 4.90 Å². The summed E-state index contributed by atoms with van der Waals surface area (Å²) in [5, 5.41) is 0.758. The standard InChI is InChI=1S/C18H25ClN2O2/c1-14-6-7-15(19)12-17(14)20-8-10-21(11-9-20)18(22)13-23-16-4-2-3-5-16/h6-7,12,16H,2-5,8-11,13H2,1H3. The Morgan fingerprint density at radius 3 is 2.61 bits per heavy atom. The molecule has 0 spiro atoms. The Hall–Kier alpha value is -1.26. The number of nitrogens with zero attached hydrogens (tertiary/aromatic N) is 2. The molecule has 0 N–H and O–H groups in total. The molecule has 0 atom stereocenters. The molecule has 1 aromatic carbocycles. The Bertz CT molecular complexity index is 550. The zero-order chi connectivity index (χ0) is 16.2. The van der Waals surface area contributed by atoms with Crippen LogP contribution in [0.5, 0.6) is 0 Å². The fourth-order valence-corrected chi connectivity index (χ4v) is 3.62. The SMILES string of the molecule is Cc1ccc(Cl)cc1N1CCN(C(=O)COC2CCCC2)CC1. The fourth-order valence-electron chi connectivity index (χ4n) is 3.46. The van der Waals surface area contributed by atoms with Gasteiger partial charge in [0.15, 0.2) is 0 Å². The summed E-state index contributed by atoms with van der Waals surface area (Å²) in [6.07, 6.45) is 4.98. The highest BCUT2D eigenvalue weighted by molar-refractivity contribution is 6.30. The molecule has 3 rings (SSSR count). The van der Waals surface area contributed by atoms with Gasteiger partial charge in [-0.25, -0.2) is 0 Å². The largest absolute Gasteiger partial charge is 0.368 e. The van der Waals surface area contributed by atoms with E-state index >= 15 is 0 Å². The number of carbonyl (C=O) groups is 1. The lowest BCUT2D eigenvalue weighted by molar-refractivity contribution is -0.138. The van der Waals surface area contributed by atoms with Crippen LogP contribution in [-0.2, 0) is 9.53 Å². The first-order chi connectivity index (χ1) is 11.1. The van der Waals surface area contributed by atoms with Gasteiger partial charge in [-0.3, -0.25) is 4.79 Å². The van der Waals surface area contributed by atoms with E-state index in [1.807, 2.05) is 23.1 Å². The predicted octanol–water partition coefficient (Wildman–Crippen LogP) is 3.26. The Morgan fingerprint density at radius 2 is 1.91 bits per heavy atom. The number of carbonyl (C=O) groups excluding carboxylic acids is 1. The van der Waals surface area contributed by atoms with Crippen molar-refractivity contribution >= 4 is 23.2 Å². The average molecular weight is 337 g/mol. The molecule has 0 radical (unpaired) electrons. The number of ether oxygens (including phenoxy) is 1. The van der Waals surface area contributed by atoms with Crippen LogP contribution in [0.25, 0.3) is 0 Å². The van der Waals surface area contributed by atoms with Gasteiger partial charge < -0.3 is 14.5 Å². The van der Waals surface area contributed by atoms with E-state index in [9.17, 15) is 4.79 Å². The van der Waals surface area contributed by atoms with Crippen molar-refractivity contribution in [2.24, 2.45) is 0 Å². The molecule has 1 aliphatic heterocycles. The maximum absolute atomic E-state index is 12.3. The van der Waals surface area contributed by atoms with Crippen molar-refractivity contribution in [3.63, 3.8) is 0 Å². The highest BCUT2D eigenvalue weighted by Gasteiger charge is 2.24. The quantitative estimate of drug-likeness (QED) is 0.846. The third-order valence-corrected chi connectivity index (χ3v) is 5.12. The van der Waals surface area contributed by atoms with E-state index in [1.54, 1.807) is 0 Å². The molecule has 23 heavy (non-hydrogen) atoms. The lowest BCUT2D eigenvalue weighted by atomic mass is 10.1. The molecule has 0 unspecified atom stereocenters. The summed E-state index contributed by atoms with van der Waals surface area (Å²) in [5.74, 6) is 0.124. The number of rotatable bonds is 4. The van der Waals surface area contributed by atoms with E-state index in [-0.39, 0.29) is 12.5 Å². The average Bonchev–Trinajstić information content (AvgIpc) is 3.08. The van der Waals surface area contributed by atoms with Crippen molar-refractivity contribution in [3.05, 3.63) is 28.8 Å². The van der Waals surface area contributed by atoms with Gasteiger partial charge in [-0.2, -0.15) is 0 Å². The van der Waals surface area contributed by atoms with E-state index < -0.39 is 0 Å². The zero-order valence-corrected chi connectivity index (χ0v) is 14.5. The van der Waals surface area contributed by atoms with Crippen LogP contribution in [-0.4, -0.2) is 49.7 Å². The molecular formula is C18H25ClN2O2. The van der Waals surface area contributed by atoms with Crippen LogP contribution < -0.4 is 4.90 Å².